The predicted molar refractivity (Wildman–Crippen MR) is 129 cm³/mol. The number of nitrogens with one attached hydrogen (secondary N) is 1. The largest absolute Gasteiger partial charge is 0.464 e. The van der Waals surface area contributed by atoms with Crippen molar-refractivity contribution < 1.29 is 27.1 Å². The van der Waals surface area contributed by atoms with Crippen molar-refractivity contribution in [3.8, 4) is 10.4 Å². The zero-order valence-electron chi connectivity index (χ0n) is 17.9. The van der Waals surface area contributed by atoms with Gasteiger partial charge in [0.15, 0.2) is 10.8 Å². The van der Waals surface area contributed by atoms with E-state index in [9.17, 15) is 22.4 Å². The molecule has 0 aliphatic heterocycles. The van der Waals surface area contributed by atoms with E-state index in [4.69, 9.17) is 4.74 Å². The van der Waals surface area contributed by atoms with Crippen LogP contribution in [0.4, 0.5) is 22.7 Å². The zero-order chi connectivity index (χ0) is 24.3. The van der Waals surface area contributed by atoms with Gasteiger partial charge in [0.1, 0.15) is 0 Å². The lowest BCUT2D eigenvalue weighted by atomic mass is 10.1. The van der Waals surface area contributed by atoms with Crippen molar-refractivity contribution in [3.05, 3.63) is 77.5 Å². The highest BCUT2D eigenvalue weighted by atomic mass is 32.1. The van der Waals surface area contributed by atoms with E-state index >= 15 is 0 Å². The minimum Gasteiger partial charge on any atom is -0.464 e. The summed E-state index contributed by atoms with van der Waals surface area (Å²) in [6.45, 7) is 0.503. The van der Waals surface area contributed by atoms with Gasteiger partial charge in [-0.1, -0.05) is 43.0 Å². The number of anilines is 1. The van der Waals surface area contributed by atoms with E-state index in [0.717, 1.165) is 23.1 Å². The number of aryl methyl sites for hydroxylation is 1. The molecular formula is C25H23F4N3O2S. The lowest BCUT2D eigenvalue weighted by Gasteiger charge is -2.07. The Morgan fingerprint density at radius 3 is 2.51 bits per heavy atom. The van der Waals surface area contributed by atoms with Crippen LogP contribution in [0.1, 0.15) is 35.5 Å². The molecule has 0 unspecified atom stereocenters. The van der Waals surface area contributed by atoms with Crippen LogP contribution < -0.4 is 5.32 Å². The Morgan fingerprint density at radius 1 is 1.09 bits per heavy atom. The van der Waals surface area contributed by atoms with Gasteiger partial charge in [0.2, 0.25) is 5.95 Å². The summed E-state index contributed by atoms with van der Waals surface area (Å²) in [5.74, 6) is -1.19. The van der Waals surface area contributed by atoms with Gasteiger partial charge in [0.25, 0.3) is 0 Å². The molecule has 5 nitrogen and oxygen atoms in total. The number of fused-ring (bicyclic) bond motifs is 1. The smallest absolute Gasteiger partial charge is 0.416 e. The van der Waals surface area contributed by atoms with E-state index in [0.29, 0.717) is 40.3 Å². The van der Waals surface area contributed by atoms with E-state index in [1.165, 1.54) is 42.8 Å². The maximum atomic E-state index is 13.5. The molecule has 0 radical (unpaired) electrons. The van der Waals surface area contributed by atoms with Crippen molar-refractivity contribution in [2.45, 2.75) is 26.4 Å². The Labute approximate surface area is 203 Å². The van der Waals surface area contributed by atoms with Crippen molar-refractivity contribution in [2.24, 2.45) is 0 Å². The molecule has 4 aromatic rings. The Bertz CT molecular complexity index is 1320. The number of esters is 1. The van der Waals surface area contributed by atoms with Crippen LogP contribution in [-0.2, 0) is 17.3 Å². The van der Waals surface area contributed by atoms with Crippen LogP contribution in [0.25, 0.3) is 21.2 Å². The number of benzene rings is 2. The molecular weight excluding hydrogens is 482 g/mol. The highest BCUT2D eigenvalue weighted by molar-refractivity contribution is 7.19. The number of carbonyl (C=O) groups is 1. The predicted octanol–water partition coefficient (Wildman–Crippen LogP) is 6.98. The van der Waals surface area contributed by atoms with Crippen LogP contribution in [0.3, 0.4) is 0 Å². The third-order valence-corrected chi connectivity index (χ3v) is 6.22. The number of methoxy groups -OCH3 is 1. The fraction of sp³-hybridized carbons (Fsp3) is 0.240. The van der Waals surface area contributed by atoms with Gasteiger partial charge < -0.3 is 10.1 Å². The topological polar surface area (TPSA) is 64.1 Å². The lowest BCUT2D eigenvalue weighted by molar-refractivity contribution is -0.137. The number of aromatic nitrogens is 2. The molecule has 184 valence electrons. The Morgan fingerprint density at radius 2 is 1.83 bits per heavy atom. The van der Waals surface area contributed by atoms with Crippen LogP contribution in [0.2, 0.25) is 0 Å². The minimum atomic E-state index is -4.35. The lowest BCUT2D eigenvalue weighted by Crippen LogP contribution is -2.06. The molecule has 1 N–H and O–H groups in total. The zero-order valence-corrected chi connectivity index (χ0v) is 18.8. The first-order valence-electron chi connectivity index (χ1n) is 10.3. The molecule has 10 heteroatoms. The molecule has 2 heterocycles. The molecule has 0 bridgehead atoms. The fourth-order valence-electron chi connectivity index (χ4n) is 3.43. The second kappa shape index (κ2) is 10.8. The molecule has 0 aliphatic rings. The standard InChI is InChI=1S/C24H19F4N3O2S.CH4/c1-33-22(32)20-21(15-6-7-16-13-30-19(25)12-17(16)11-15)34-23(31-20)29-10-2-3-14-4-8-18(9-5-14)24(26,27)28;/h4-9,11-13H,2-3,10H2,1H3,(H,29,31);1H4. The molecule has 0 amide bonds. The van der Waals surface area contributed by atoms with Gasteiger partial charge in [-0.2, -0.15) is 17.6 Å². The number of pyridine rings is 1. The molecule has 4 rings (SSSR count). The summed E-state index contributed by atoms with van der Waals surface area (Å²) < 4.78 is 56.5. The Hall–Kier alpha value is -3.53. The number of rotatable bonds is 7. The average Bonchev–Trinajstić information content (AvgIpc) is 3.25. The third-order valence-electron chi connectivity index (χ3n) is 5.16. The molecule has 0 saturated carbocycles. The van der Waals surface area contributed by atoms with Gasteiger partial charge in [-0.15, -0.1) is 0 Å². The van der Waals surface area contributed by atoms with Crippen molar-refractivity contribution >= 4 is 33.2 Å². The van der Waals surface area contributed by atoms with Gasteiger partial charge >= 0.3 is 12.1 Å². The fourth-order valence-corrected chi connectivity index (χ4v) is 4.40. The Kier molecular flexibility index (Phi) is 8.06. The van der Waals surface area contributed by atoms with Gasteiger partial charge in [-0.25, -0.2) is 14.8 Å². The van der Waals surface area contributed by atoms with Crippen molar-refractivity contribution in [3.63, 3.8) is 0 Å². The number of nitrogens with zero attached hydrogens (tertiary/aromatic N) is 2. The second-order valence-corrected chi connectivity index (χ2v) is 8.48. The van der Waals surface area contributed by atoms with Crippen molar-refractivity contribution in [2.75, 3.05) is 19.0 Å². The SMILES string of the molecule is C.COC(=O)c1nc(NCCCc2ccc(C(F)(F)F)cc2)sc1-c1ccc2cnc(F)cc2c1. The minimum absolute atomic E-state index is 0. The molecule has 0 saturated heterocycles. The number of hydrogen-bond donors (Lipinski definition) is 1. The number of alkyl halides is 3. The molecule has 0 spiro atoms. The second-order valence-electron chi connectivity index (χ2n) is 7.48. The summed E-state index contributed by atoms with van der Waals surface area (Å²) in [7, 11) is 1.27. The molecule has 2 aromatic carbocycles. The highest BCUT2D eigenvalue weighted by Crippen LogP contribution is 2.35. The van der Waals surface area contributed by atoms with E-state index in [1.54, 1.807) is 18.2 Å². The first-order valence-corrected chi connectivity index (χ1v) is 11.1. The summed E-state index contributed by atoms with van der Waals surface area (Å²) in [5, 5.41) is 5.06. The summed E-state index contributed by atoms with van der Waals surface area (Å²) in [6.07, 6.45) is -1.68. The summed E-state index contributed by atoms with van der Waals surface area (Å²) in [6, 6.07) is 11.8. The van der Waals surface area contributed by atoms with Crippen LogP contribution in [-0.4, -0.2) is 29.6 Å². The van der Waals surface area contributed by atoms with Gasteiger partial charge in [-0.3, -0.25) is 0 Å². The maximum absolute atomic E-state index is 13.5. The van der Waals surface area contributed by atoms with Crippen molar-refractivity contribution in [1.29, 1.82) is 0 Å². The molecule has 2 aromatic heterocycles. The average molecular weight is 506 g/mol. The van der Waals surface area contributed by atoms with Crippen LogP contribution in [0.5, 0.6) is 0 Å². The first kappa shape index (κ1) is 26.1. The van der Waals surface area contributed by atoms with Crippen LogP contribution >= 0.6 is 11.3 Å². The quantitative estimate of drug-likeness (QED) is 0.127. The third kappa shape index (κ3) is 6.13. The Balaban J connectivity index is 0.00000342. The number of halogens is 4. The summed E-state index contributed by atoms with van der Waals surface area (Å²) in [4.78, 5) is 20.9. The van der Waals surface area contributed by atoms with Crippen LogP contribution in [0.15, 0.2) is 54.7 Å². The van der Waals surface area contributed by atoms with E-state index < -0.39 is 23.7 Å². The van der Waals surface area contributed by atoms with Gasteiger partial charge in [-0.05, 0) is 47.6 Å². The highest BCUT2D eigenvalue weighted by Gasteiger charge is 2.29. The normalized spacial score (nSPS) is 11.2. The maximum Gasteiger partial charge on any atom is 0.416 e. The molecule has 0 atom stereocenters. The van der Waals surface area contributed by atoms with Gasteiger partial charge in [0.05, 0.1) is 17.6 Å². The summed E-state index contributed by atoms with van der Waals surface area (Å²) in [5.41, 5.74) is 0.955. The van der Waals surface area contributed by atoms with E-state index in [-0.39, 0.29) is 13.1 Å². The number of hydrogen-bond acceptors (Lipinski definition) is 6. The number of thiazole rings is 1. The van der Waals surface area contributed by atoms with Gasteiger partial charge in [0, 0.05) is 24.2 Å². The molecule has 0 aliphatic carbocycles. The monoisotopic (exact) mass is 505 g/mol. The van der Waals surface area contributed by atoms with E-state index in [1.807, 2.05) is 0 Å². The summed E-state index contributed by atoms with van der Waals surface area (Å²) >= 11 is 1.26. The van der Waals surface area contributed by atoms with Crippen molar-refractivity contribution in [1.82, 2.24) is 9.97 Å². The van der Waals surface area contributed by atoms with E-state index in [2.05, 4.69) is 15.3 Å². The molecule has 35 heavy (non-hydrogen) atoms. The number of ether oxygens (including phenoxy) is 1. The first-order chi connectivity index (χ1) is 16.2. The number of carbonyl (C=O) groups excluding carboxylic acids is 1. The van der Waals surface area contributed by atoms with Crippen LogP contribution in [0, 0.1) is 5.95 Å². The molecule has 0 fully saturated rings.